The number of carbonyl (C=O) groups excluding carboxylic acids is 1. The van der Waals surface area contributed by atoms with Crippen molar-refractivity contribution >= 4 is 16.8 Å². The second-order valence-electron chi connectivity index (χ2n) is 9.20. The smallest absolute Gasteiger partial charge is 0.252 e. The number of hydrogen-bond acceptors (Lipinski definition) is 4. The number of carbonyl (C=O) groups is 1. The van der Waals surface area contributed by atoms with Gasteiger partial charge in [-0.1, -0.05) is 18.2 Å². The number of likely N-dealkylation sites (tertiary alicyclic amines) is 1. The lowest BCUT2D eigenvalue weighted by molar-refractivity contribution is 0.0941. The van der Waals surface area contributed by atoms with Crippen LogP contribution in [0.25, 0.3) is 22.2 Å². The summed E-state index contributed by atoms with van der Waals surface area (Å²) < 4.78 is 5.56. The largest absolute Gasteiger partial charge is 0.494 e. The van der Waals surface area contributed by atoms with Crippen LogP contribution in [0.2, 0.25) is 0 Å². The number of para-hydroxylation sites is 1. The van der Waals surface area contributed by atoms with Crippen molar-refractivity contribution in [3.63, 3.8) is 0 Å². The summed E-state index contributed by atoms with van der Waals surface area (Å²) in [5, 5.41) is 4.15. The molecule has 2 aliphatic rings. The summed E-state index contributed by atoms with van der Waals surface area (Å²) >= 11 is 0. The second-order valence-corrected chi connectivity index (χ2v) is 9.20. The second kappa shape index (κ2) is 8.91. The van der Waals surface area contributed by atoms with Crippen LogP contribution in [0.4, 0.5) is 0 Å². The van der Waals surface area contributed by atoms with Gasteiger partial charge in [-0.25, -0.2) is 4.98 Å². The van der Waals surface area contributed by atoms with Crippen LogP contribution in [0, 0.1) is 5.41 Å². The molecule has 0 radical (unpaired) electrons. The molecule has 1 aromatic heterocycles. The van der Waals surface area contributed by atoms with Gasteiger partial charge in [-0.3, -0.25) is 4.79 Å². The standard InChI is InChI=1S/C27H31N3O2/c1-2-32-21-11-9-20(10-12-21)25-17-23(22-7-3-4-8-24(22)29-25)26(31)28-18-27(13-14-27)19-30-15-5-6-16-30/h3-4,7-12,17H,2,5-6,13-16,18-19H2,1H3,(H,28,31). The van der Waals surface area contributed by atoms with Crippen molar-refractivity contribution in [1.82, 2.24) is 15.2 Å². The van der Waals surface area contributed by atoms with E-state index in [0.29, 0.717) is 12.2 Å². The van der Waals surface area contributed by atoms with Gasteiger partial charge in [-0.15, -0.1) is 0 Å². The van der Waals surface area contributed by atoms with E-state index in [2.05, 4.69) is 10.2 Å². The molecule has 1 aliphatic heterocycles. The lowest BCUT2D eigenvalue weighted by Crippen LogP contribution is -2.37. The third kappa shape index (κ3) is 4.49. The number of fused-ring (bicyclic) bond motifs is 1. The fraction of sp³-hybridized carbons (Fsp3) is 0.407. The highest BCUT2D eigenvalue weighted by atomic mass is 16.5. The number of pyridine rings is 1. The average molecular weight is 430 g/mol. The van der Waals surface area contributed by atoms with Crippen LogP contribution >= 0.6 is 0 Å². The van der Waals surface area contributed by atoms with Crippen LogP contribution < -0.4 is 10.1 Å². The Morgan fingerprint density at radius 1 is 1.09 bits per heavy atom. The average Bonchev–Trinajstić information content (AvgIpc) is 3.39. The zero-order valence-electron chi connectivity index (χ0n) is 18.8. The monoisotopic (exact) mass is 429 g/mol. The minimum Gasteiger partial charge on any atom is -0.494 e. The summed E-state index contributed by atoms with van der Waals surface area (Å²) in [4.78, 5) is 20.7. The van der Waals surface area contributed by atoms with E-state index in [1.54, 1.807) is 0 Å². The number of rotatable bonds is 8. The number of aromatic nitrogens is 1. The van der Waals surface area contributed by atoms with Gasteiger partial charge in [0.2, 0.25) is 0 Å². The van der Waals surface area contributed by atoms with Gasteiger partial charge in [0.15, 0.2) is 0 Å². The Balaban J connectivity index is 1.38. The molecule has 1 aliphatic carbocycles. The minimum absolute atomic E-state index is 0.0107. The topological polar surface area (TPSA) is 54.5 Å². The van der Waals surface area contributed by atoms with Crippen molar-refractivity contribution in [3.05, 3.63) is 60.2 Å². The molecule has 5 nitrogen and oxygen atoms in total. The maximum atomic E-state index is 13.3. The molecular formula is C27H31N3O2. The van der Waals surface area contributed by atoms with Crippen molar-refractivity contribution in [1.29, 1.82) is 0 Å². The summed E-state index contributed by atoms with van der Waals surface area (Å²) in [6.07, 6.45) is 5.02. The third-order valence-corrected chi connectivity index (χ3v) is 6.76. The van der Waals surface area contributed by atoms with E-state index in [1.165, 1.54) is 38.8 Å². The van der Waals surface area contributed by atoms with Crippen molar-refractivity contribution in [3.8, 4) is 17.0 Å². The van der Waals surface area contributed by atoms with Gasteiger partial charge in [0.05, 0.1) is 23.4 Å². The highest BCUT2D eigenvalue weighted by Crippen LogP contribution is 2.46. The Kier molecular flexibility index (Phi) is 5.83. The van der Waals surface area contributed by atoms with Crippen molar-refractivity contribution in [2.24, 2.45) is 5.41 Å². The van der Waals surface area contributed by atoms with Crippen LogP contribution in [-0.4, -0.2) is 48.6 Å². The highest BCUT2D eigenvalue weighted by Gasteiger charge is 2.44. The molecule has 1 amide bonds. The van der Waals surface area contributed by atoms with Gasteiger partial charge < -0.3 is 15.0 Å². The zero-order valence-corrected chi connectivity index (χ0v) is 18.8. The molecule has 0 unspecified atom stereocenters. The molecule has 2 heterocycles. The van der Waals surface area contributed by atoms with Crippen molar-refractivity contribution in [2.45, 2.75) is 32.6 Å². The van der Waals surface area contributed by atoms with Gasteiger partial charge in [0.25, 0.3) is 5.91 Å². The Bertz CT molecular complexity index is 1100. The molecule has 32 heavy (non-hydrogen) atoms. The molecule has 1 saturated heterocycles. The first kappa shape index (κ1) is 21.0. The Labute approximate surface area is 189 Å². The molecule has 2 fully saturated rings. The predicted octanol–water partition coefficient (Wildman–Crippen LogP) is 4.91. The van der Waals surface area contributed by atoms with E-state index in [9.17, 15) is 4.79 Å². The number of nitrogens with one attached hydrogen (secondary N) is 1. The summed E-state index contributed by atoms with van der Waals surface area (Å²) in [6.45, 7) is 6.88. The third-order valence-electron chi connectivity index (χ3n) is 6.76. The van der Waals surface area contributed by atoms with Gasteiger partial charge in [0, 0.05) is 29.5 Å². The number of nitrogens with zero attached hydrogens (tertiary/aromatic N) is 2. The lowest BCUT2D eigenvalue weighted by Gasteiger charge is -2.23. The lowest BCUT2D eigenvalue weighted by atomic mass is 10.0. The molecule has 0 bridgehead atoms. The molecular weight excluding hydrogens is 398 g/mol. The minimum atomic E-state index is -0.0107. The maximum Gasteiger partial charge on any atom is 0.252 e. The SMILES string of the molecule is CCOc1ccc(-c2cc(C(=O)NCC3(CN4CCCC4)CC3)c3ccccc3n2)cc1. The summed E-state index contributed by atoms with van der Waals surface area (Å²) in [5.41, 5.74) is 3.57. The first-order chi connectivity index (χ1) is 15.7. The summed E-state index contributed by atoms with van der Waals surface area (Å²) in [5.74, 6) is 0.825. The summed E-state index contributed by atoms with van der Waals surface area (Å²) in [7, 11) is 0. The summed E-state index contributed by atoms with van der Waals surface area (Å²) in [6, 6.07) is 17.7. The molecule has 2 aromatic carbocycles. The fourth-order valence-corrected chi connectivity index (χ4v) is 4.75. The van der Waals surface area contributed by atoms with Gasteiger partial charge >= 0.3 is 0 Å². The molecule has 3 aromatic rings. The Morgan fingerprint density at radius 3 is 2.56 bits per heavy atom. The number of amides is 1. The van der Waals surface area contributed by atoms with Gasteiger partial charge in [0.1, 0.15) is 5.75 Å². The van der Waals surface area contributed by atoms with Crippen LogP contribution in [0.15, 0.2) is 54.6 Å². The van der Waals surface area contributed by atoms with Crippen molar-refractivity contribution < 1.29 is 9.53 Å². The molecule has 5 rings (SSSR count). The molecule has 5 heteroatoms. The van der Waals surface area contributed by atoms with E-state index < -0.39 is 0 Å². The van der Waals surface area contributed by atoms with E-state index in [0.717, 1.165) is 41.0 Å². The predicted molar refractivity (Wildman–Crippen MR) is 128 cm³/mol. The molecule has 1 N–H and O–H groups in total. The highest BCUT2D eigenvalue weighted by molar-refractivity contribution is 6.07. The Hall–Kier alpha value is -2.92. The fourth-order valence-electron chi connectivity index (χ4n) is 4.75. The zero-order chi connectivity index (χ0) is 22.0. The normalized spacial score (nSPS) is 17.4. The number of benzene rings is 2. The van der Waals surface area contributed by atoms with E-state index >= 15 is 0 Å². The van der Waals surface area contributed by atoms with Gasteiger partial charge in [-0.2, -0.15) is 0 Å². The molecule has 1 saturated carbocycles. The van der Waals surface area contributed by atoms with Crippen molar-refractivity contribution in [2.75, 3.05) is 32.8 Å². The van der Waals surface area contributed by atoms with Crippen LogP contribution in [-0.2, 0) is 0 Å². The first-order valence-electron chi connectivity index (χ1n) is 11.8. The maximum absolute atomic E-state index is 13.3. The number of ether oxygens (including phenoxy) is 1. The first-order valence-corrected chi connectivity index (χ1v) is 11.8. The molecule has 0 atom stereocenters. The van der Waals surface area contributed by atoms with E-state index in [1.807, 2.05) is 61.5 Å². The molecule has 166 valence electrons. The quantitative estimate of drug-likeness (QED) is 0.553. The Morgan fingerprint density at radius 2 is 1.84 bits per heavy atom. The number of hydrogen-bond donors (Lipinski definition) is 1. The van der Waals surface area contributed by atoms with Crippen LogP contribution in [0.5, 0.6) is 5.75 Å². The van der Waals surface area contributed by atoms with E-state index in [4.69, 9.17) is 9.72 Å². The van der Waals surface area contributed by atoms with E-state index in [-0.39, 0.29) is 11.3 Å². The van der Waals surface area contributed by atoms with Crippen LogP contribution in [0.3, 0.4) is 0 Å². The van der Waals surface area contributed by atoms with Crippen LogP contribution in [0.1, 0.15) is 43.0 Å². The molecule has 0 spiro atoms. The van der Waals surface area contributed by atoms with Gasteiger partial charge in [-0.05, 0) is 82.1 Å².